The second-order valence-electron chi connectivity index (χ2n) is 8.19. The summed E-state index contributed by atoms with van der Waals surface area (Å²) in [6.07, 6.45) is 5.36. The van der Waals surface area contributed by atoms with E-state index >= 15 is 0 Å². The van der Waals surface area contributed by atoms with Gasteiger partial charge in [0.25, 0.3) is 0 Å². The minimum absolute atomic E-state index is 0.00480. The fraction of sp³-hybridized carbons (Fsp3) is 0.478. The van der Waals surface area contributed by atoms with Crippen molar-refractivity contribution in [2.24, 2.45) is 5.92 Å². The highest BCUT2D eigenvalue weighted by Gasteiger charge is 2.24. The number of piperidine rings is 1. The Bertz CT molecular complexity index is 930. The molecule has 2 aliphatic heterocycles. The average Bonchev–Trinajstić information content (AvgIpc) is 3.07. The zero-order valence-electron chi connectivity index (χ0n) is 17.8. The van der Waals surface area contributed by atoms with Gasteiger partial charge in [0.2, 0.25) is 5.91 Å². The lowest BCUT2D eigenvalue weighted by Crippen LogP contribution is -2.43. The molecule has 6 nitrogen and oxygen atoms in total. The van der Waals surface area contributed by atoms with E-state index in [1.54, 1.807) is 29.0 Å². The SMILES string of the molecule is Cc1nn(-c2ccc(F)cc2)c(Cl)c1/C=C/C(=O)N1CCC(CN2CCOCC2)CC1. The first-order valence-corrected chi connectivity index (χ1v) is 11.2. The normalized spacial score (nSPS) is 18.7. The molecular formula is C23H28ClFN4O2. The summed E-state index contributed by atoms with van der Waals surface area (Å²) in [7, 11) is 0. The second-order valence-corrected chi connectivity index (χ2v) is 8.55. The molecule has 0 spiro atoms. The van der Waals surface area contributed by atoms with Crippen molar-refractivity contribution in [1.29, 1.82) is 0 Å². The summed E-state index contributed by atoms with van der Waals surface area (Å²) in [5.41, 5.74) is 2.08. The number of carbonyl (C=O) groups excluding carboxylic acids is 1. The van der Waals surface area contributed by atoms with Crippen LogP contribution >= 0.6 is 11.6 Å². The molecule has 2 saturated heterocycles. The Labute approximate surface area is 187 Å². The lowest BCUT2D eigenvalue weighted by molar-refractivity contribution is -0.127. The lowest BCUT2D eigenvalue weighted by atomic mass is 9.96. The van der Waals surface area contributed by atoms with Gasteiger partial charge in [-0.3, -0.25) is 9.69 Å². The predicted octanol–water partition coefficient (Wildman–Crippen LogP) is 3.56. The third-order valence-corrected chi connectivity index (χ3v) is 6.42. The molecule has 1 amide bonds. The predicted molar refractivity (Wildman–Crippen MR) is 119 cm³/mol. The van der Waals surface area contributed by atoms with E-state index in [-0.39, 0.29) is 11.7 Å². The molecule has 1 aromatic heterocycles. The molecule has 0 unspecified atom stereocenters. The number of hydrogen-bond acceptors (Lipinski definition) is 4. The van der Waals surface area contributed by atoms with Crippen LogP contribution in [-0.2, 0) is 9.53 Å². The number of amides is 1. The molecule has 1 aromatic carbocycles. The highest BCUT2D eigenvalue weighted by molar-refractivity contribution is 6.31. The Kier molecular flexibility index (Phi) is 7.05. The molecule has 0 saturated carbocycles. The number of halogens is 2. The summed E-state index contributed by atoms with van der Waals surface area (Å²) in [6.45, 7) is 8.15. The number of aromatic nitrogens is 2. The number of carbonyl (C=O) groups is 1. The van der Waals surface area contributed by atoms with Gasteiger partial charge in [0, 0.05) is 44.4 Å². The highest BCUT2D eigenvalue weighted by Crippen LogP contribution is 2.25. The summed E-state index contributed by atoms with van der Waals surface area (Å²) in [5, 5.41) is 4.84. The molecule has 2 fully saturated rings. The Balaban J connectivity index is 1.35. The summed E-state index contributed by atoms with van der Waals surface area (Å²) in [4.78, 5) is 17.1. The molecule has 2 aliphatic rings. The zero-order chi connectivity index (χ0) is 21.8. The van der Waals surface area contributed by atoms with Crippen LogP contribution < -0.4 is 0 Å². The Morgan fingerprint density at radius 1 is 1.19 bits per heavy atom. The quantitative estimate of drug-likeness (QED) is 0.659. The summed E-state index contributed by atoms with van der Waals surface area (Å²) in [5.74, 6) is 0.315. The van der Waals surface area contributed by atoms with Crippen molar-refractivity contribution in [1.82, 2.24) is 19.6 Å². The van der Waals surface area contributed by atoms with Gasteiger partial charge in [-0.05, 0) is 56.0 Å². The number of likely N-dealkylation sites (tertiary alicyclic amines) is 1. The molecule has 0 N–H and O–H groups in total. The minimum Gasteiger partial charge on any atom is -0.379 e. The van der Waals surface area contributed by atoms with Crippen molar-refractivity contribution < 1.29 is 13.9 Å². The minimum atomic E-state index is -0.316. The van der Waals surface area contributed by atoms with E-state index in [1.165, 1.54) is 12.1 Å². The van der Waals surface area contributed by atoms with Crippen LogP contribution in [0.15, 0.2) is 30.3 Å². The number of benzene rings is 1. The summed E-state index contributed by atoms with van der Waals surface area (Å²) < 4.78 is 20.2. The van der Waals surface area contributed by atoms with E-state index in [0.29, 0.717) is 28.0 Å². The fourth-order valence-corrected chi connectivity index (χ4v) is 4.53. The van der Waals surface area contributed by atoms with Crippen molar-refractivity contribution in [2.75, 3.05) is 45.9 Å². The van der Waals surface area contributed by atoms with Crippen molar-refractivity contribution >= 4 is 23.6 Å². The van der Waals surface area contributed by atoms with Crippen LogP contribution in [0, 0.1) is 18.7 Å². The monoisotopic (exact) mass is 446 g/mol. The molecule has 0 bridgehead atoms. The molecular weight excluding hydrogens is 419 g/mol. The smallest absolute Gasteiger partial charge is 0.246 e. The molecule has 2 aromatic rings. The van der Waals surface area contributed by atoms with Crippen LogP contribution in [0.1, 0.15) is 24.1 Å². The van der Waals surface area contributed by atoms with Crippen molar-refractivity contribution in [2.45, 2.75) is 19.8 Å². The maximum absolute atomic E-state index is 13.2. The Hall–Kier alpha value is -2.22. The van der Waals surface area contributed by atoms with E-state index in [1.807, 2.05) is 11.8 Å². The van der Waals surface area contributed by atoms with E-state index in [9.17, 15) is 9.18 Å². The van der Waals surface area contributed by atoms with Gasteiger partial charge >= 0.3 is 0 Å². The van der Waals surface area contributed by atoms with Crippen LogP contribution in [0.5, 0.6) is 0 Å². The molecule has 3 heterocycles. The zero-order valence-corrected chi connectivity index (χ0v) is 18.5. The van der Waals surface area contributed by atoms with Crippen molar-refractivity contribution in [3.8, 4) is 5.69 Å². The third-order valence-electron chi connectivity index (χ3n) is 6.06. The largest absolute Gasteiger partial charge is 0.379 e. The first-order valence-electron chi connectivity index (χ1n) is 10.8. The molecule has 8 heteroatoms. The second kappa shape index (κ2) is 9.94. The van der Waals surface area contributed by atoms with Gasteiger partial charge in [0.1, 0.15) is 11.0 Å². The first kappa shape index (κ1) is 22.0. The van der Waals surface area contributed by atoms with Crippen molar-refractivity contribution in [3.63, 3.8) is 0 Å². The van der Waals surface area contributed by atoms with Crippen LogP contribution in [0.25, 0.3) is 11.8 Å². The van der Waals surface area contributed by atoms with Gasteiger partial charge in [-0.15, -0.1) is 0 Å². The molecule has 31 heavy (non-hydrogen) atoms. The molecule has 0 radical (unpaired) electrons. The fourth-order valence-electron chi connectivity index (χ4n) is 4.20. The molecule has 4 rings (SSSR count). The highest BCUT2D eigenvalue weighted by atomic mass is 35.5. The Morgan fingerprint density at radius 3 is 2.55 bits per heavy atom. The number of rotatable bonds is 5. The maximum atomic E-state index is 13.2. The molecule has 0 atom stereocenters. The van der Waals surface area contributed by atoms with Crippen LogP contribution in [-0.4, -0.2) is 71.4 Å². The van der Waals surface area contributed by atoms with Crippen molar-refractivity contribution in [3.05, 3.63) is 52.6 Å². The van der Waals surface area contributed by atoms with E-state index < -0.39 is 0 Å². The number of aryl methyl sites for hydroxylation is 1. The van der Waals surface area contributed by atoms with Gasteiger partial charge < -0.3 is 9.64 Å². The molecule has 166 valence electrons. The number of ether oxygens (including phenoxy) is 1. The molecule has 0 aliphatic carbocycles. The van der Waals surface area contributed by atoms with Gasteiger partial charge in [-0.25, -0.2) is 9.07 Å². The standard InChI is InChI=1S/C23H28ClFN4O2/c1-17-21(23(24)29(26-17)20-4-2-19(25)3-5-20)6-7-22(30)28-10-8-18(9-11-28)16-27-12-14-31-15-13-27/h2-7,18H,8-16H2,1H3/b7-6+. The third kappa shape index (κ3) is 5.34. The van der Waals surface area contributed by atoms with Crippen LogP contribution in [0.4, 0.5) is 4.39 Å². The van der Waals surface area contributed by atoms with Crippen LogP contribution in [0.2, 0.25) is 5.15 Å². The summed E-state index contributed by atoms with van der Waals surface area (Å²) in [6, 6.07) is 5.97. The average molecular weight is 447 g/mol. The van der Waals surface area contributed by atoms with Gasteiger partial charge in [-0.1, -0.05) is 11.6 Å². The summed E-state index contributed by atoms with van der Waals surface area (Å²) >= 11 is 6.50. The van der Waals surface area contributed by atoms with E-state index in [4.69, 9.17) is 16.3 Å². The van der Waals surface area contributed by atoms with E-state index in [2.05, 4.69) is 10.00 Å². The Morgan fingerprint density at radius 2 is 1.87 bits per heavy atom. The van der Waals surface area contributed by atoms with Gasteiger partial charge in [0.15, 0.2) is 0 Å². The van der Waals surface area contributed by atoms with E-state index in [0.717, 1.165) is 58.8 Å². The number of hydrogen-bond donors (Lipinski definition) is 0. The maximum Gasteiger partial charge on any atom is 0.246 e. The van der Waals surface area contributed by atoms with Gasteiger partial charge in [-0.2, -0.15) is 5.10 Å². The first-order chi connectivity index (χ1) is 15.0. The number of morpholine rings is 1. The number of nitrogens with zero attached hydrogens (tertiary/aromatic N) is 4. The topological polar surface area (TPSA) is 50.6 Å². The lowest BCUT2D eigenvalue weighted by Gasteiger charge is -2.35. The van der Waals surface area contributed by atoms with Gasteiger partial charge in [0.05, 0.1) is 24.6 Å². The van der Waals surface area contributed by atoms with Crippen LogP contribution in [0.3, 0.4) is 0 Å².